The first-order chi connectivity index (χ1) is 9.34. The zero-order chi connectivity index (χ0) is 15.8. The van der Waals surface area contributed by atoms with Crippen LogP contribution < -0.4 is 0 Å². The SMILES string of the molecule is C=C[Si](C)(N(CCCC)C(C)=O)N(CCCC)C(C)=O. The summed E-state index contributed by atoms with van der Waals surface area (Å²) in [5, 5.41) is 0. The molecule has 2 amide bonds. The van der Waals surface area contributed by atoms with E-state index in [0.717, 1.165) is 25.7 Å². The maximum atomic E-state index is 12.0. The molecule has 0 radical (unpaired) electrons. The molecular weight excluding hydrogens is 268 g/mol. The van der Waals surface area contributed by atoms with Crippen molar-refractivity contribution in [3.05, 3.63) is 12.3 Å². The van der Waals surface area contributed by atoms with Crippen LogP contribution in [0.5, 0.6) is 0 Å². The molecule has 116 valence electrons. The lowest BCUT2D eigenvalue weighted by Crippen LogP contribution is -2.65. The minimum absolute atomic E-state index is 0.0373. The predicted octanol–water partition coefficient (Wildman–Crippen LogP) is 3.08. The first kappa shape index (κ1) is 18.9. The van der Waals surface area contributed by atoms with Crippen LogP contribution in [0.15, 0.2) is 12.3 Å². The van der Waals surface area contributed by atoms with Gasteiger partial charge in [0.2, 0.25) is 11.8 Å². The Balaban J connectivity index is 5.39. The van der Waals surface area contributed by atoms with Crippen molar-refractivity contribution in [2.45, 2.75) is 59.9 Å². The third kappa shape index (κ3) is 4.78. The zero-order valence-electron chi connectivity index (χ0n) is 13.7. The lowest BCUT2D eigenvalue weighted by atomic mass is 10.3. The highest BCUT2D eigenvalue weighted by Gasteiger charge is 2.41. The molecule has 0 aromatic carbocycles. The molecular formula is C15H30N2O2Si. The average molecular weight is 299 g/mol. The summed E-state index contributed by atoms with van der Waals surface area (Å²) >= 11 is 0. The Bertz CT molecular complexity index is 319. The fraction of sp³-hybridized carbons (Fsp3) is 0.733. The molecule has 0 saturated carbocycles. The molecule has 0 spiro atoms. The summed E-state index contributed by atoms with van der Waals surface area (Å²) < 4.78 is 3.78. The topological polar surface area (TPSA) is 40.6 Å². The van der Waals surface area contributed by atoms with Crippen molar-refractivity contribution in [3.63, 3.8) is 0 Å². The summed E-state index contributed by atoms with van der Waals surface area (Å²) in [5.41, 5.74) is 1.85. The van der Waals surface area contributed by atoms with E-state index in [1.54, 1.807) is 13.8 Å². The van der Waals surface area contributed by atoms with Gasteiger partial charge in [-0.1, -0.05) is 32.4 Å². The van der Waals surface area contributed by atoms with Crippen molar-refractivity contribution in [2.75, 3.05) is 13.1 Å². The van der Waals surface area contributed by atoms with Crippen LogP contribution in [0.25, 0.3) is 0 Å². The van der Waals surface area contributed by atoms with Crippen LogP contribution in [-0.2, 0) is 9.59 Å². The largest absolute Gasteiger partial charge is 0.349 e. The number of hydrogen-bond donors (Lipinski definition) is 0. The van der Waals surface area contributed by atoms with E-state index in [1.807, 2.05) is 21.4 Å². The Morgan fingerprint density at radius 1 is 1.00 bits per heavy atom. The Hall–Kier alpha value is -1.10. The second-order valence-electron chi connectivity index (χ2n) is 5.35. The molecule has 0 aromatic heterocycles. The maximum Gasteiger partial charge on any atom is 0.290 e. The molecule has 0 rings (SSSR count). The number of hydrogen-bond acceptors (Lipinski definition) is 2. The minimum atomic E-state index is -2.45. The van der Waals surface area contributed by atoms with E-state index in [-0.39, 0.29) is 11.8 Å². The van der Waals surface area contributed by atoms with Crippen LogP contribution in [0, 0.1) is 0 Å². The summed E-state index contributed by atoms with van der Waals surface area (Å²) in [4.78, 5) is 24.1. The number of amides is 2. The van der Waals surface area contributed by atoms with E-state index in [2.05, 4.69) is 20.4 Å². The Kier molecular flexibility index (Phi) is 8.45. The van der Waals surface area contributed by atoms with Gasteiger partial charge in [-0.05, 0) is 19.4 Å². The molecule has 5 heteroatoms. The van der Waals surface area contributed by atoms with Crippen LogP contribution >= 0.6 is 0 Å². The standard InChI is InChI=1S/C15H30N2O2Si/c1-7-10-12-16(14(4)18)20(6,9-3)17(15(5)19)13-11-8-2/h9H,3,7-8,10-13H2,1-2,4-6H3. The molecule has 4 nitrogen and oxygen atoms in total. The highest BCUT2D eigenvalue weighted by molar-refractivity contribution is 6.81. The van der Waals surface area contributed by atoms with Crippen molar-refractivity contribution >= 4 is 20.2 Å². The molecule has 0 aliphatic heterocycles. The van der Waals surface area contributed by atoms with Gasteiger partial charge in [-0.2, -0.15) is 0 Å². The van der Waals surface area contributed by atoms with Crippen LogP contribution in [0.2, 0.25) is 6.55 Å². The van der Waals surface area contributed by atoms with E-state index in [9.17, 15) is 9.59 Å². The maximum absolute atomic E-state index is 12.0. The van der Waals surface area contributed by atoms with Crippen molar-refractivity contribution in [1.82, 2.24) is 9.13 Å². The first-order valence-electron chi connectivity index (χ1n) is 7.55. The van der Waals surface area contributed by atoms with Crippen LogP contribution in [0.3, 0.4) is 0 Å². The van der Waals surface area contributed by atoms with Gasteiger partial charge >= 0.3 is 0 Å². The summed E-state index contributed by atoms with van der Waals surface area (Å²) in [6.07, 6.45) is 3.96. The average Bonchev–Trinajstić information content (AvgIpc) is 2.38. The minimum Gasteiger partial charge on any atom is -0.349 e. The van der Waals surface area contributed by atoms with Crippen molar-refractivity contribution < 1.29 is 9.59 Å². The zero-order valence-corrected chi connectivity index (χ0v) is 14.7. The van der Waals surface area contributed by atoms with Gasteiger partial charge in [0.25, 0.3) is 8.40 Å². The van der Waals surface area contributed by atoms with Gasteiger partial charge in [-0.15, -0.1) is 6.58 Å². The number of nitrogens with zero attached hydrogens (tertiary/aromatic N) is 2. The third-order valence-corrected chi connectivity index (χ3v) is 7.75. The van der Waals surface area contributed by atoms with E-state index < -0.39 is 8.40 Å². The quantitative estimate of drug-likeness (QED) is 0.614. The summed E-state index contributed by atoms with van der Waals surface area (Å²) in [6.45, 7) is 14.8. The molecule has 0 heterocycles. The highest BCUT2D eigenvalue weighted by Crippen LogP contribution is 2.20. The van der Waals surface area contributed by atoms with Crippen LogP contribution in [-0.4, -0.2) is 42.4 Å². The molecule has 0 aliphatic rings. The lowest BCUT2D eigenvalue weighted by molar-refractivity contribution is -0.127. The number of carbonyl (C=O) groups is 2. The van der Waals surface area contributed by atoms with Gasteiger partial charge in [-0.3, -0.25) is 9.59 Å². The van der Waals surface area contributed by atoms with Gasteiger partial charge < -0.3 is 9.13 Å². The summed E-state index contributed by atoms with van der Waals surface area (Å²) in [7, 11) is -2.45. The smallest absolute Gasteiger partial charge is 0.290 e. The Labute approximate surface area is 125 Å². The fourth-order valence-corrected chi connectivity index (χ4v) is 5.63. The van der Waals surface area contributed by atoms with E-state index in [4.69, 9.17) is 0 Å². The van der Waals surface area contributed by atoms with E-state index in [1.165, 1.54) is 0 Å². The van der Waals surface area contributed by atoms with Crippen LogP contribution in [0.1, 0.15) is 53.4 Å². The Morgan fingerprint density at radius 2 is 1.35 bits per heavy atom. The molecule has 0 aliphatic carbocycles. The lowest BCUT2D eigenvalue weighted by Gasteiger charge is -2.44. The molecule has 0 unspecified atom stereocenters. The van der Waals surface area contributed by atoms with Gasteiger partial charge in [0, 0.05) is 26.9 Å². The highest BCUT2D eigenvalue weighted by atomic mass is 28.3. The van der Waals surface area contributed by atoms with Crippen molar-refractivity contribution in [1.29, 1.82) is 0 Å². The van der Waals surface area contributed by atoms with Gasteiger partial charge in [0.05, 0.1) is 0 Å². The normalized spacial score (nSPS) is 11.1. The molecule has 0 fully saturated rings. The molecule has 0 atom stereocenters. The second kappa shape index (κ2) is 8.95. The van der Waals surface area contributed by atoms with Crippen LogP contribution in [0.4, 0.5) is 0 Å². The fourth-order valence-electron chi connectivity index (χ4n) is 2.40. The van der Waals surface area contributed by atoms with Crippen molar-refractivity contribution in [2.24, 2.45) is 0 Å². The van der Waals surface area contributed by atoms with Crippen molar-refractivity contribution in [3.8, 4) is 0 Å². The number of rotatable bonds is 9. The summed E-state index contributed by atoms with van der Waals surface area (Å²) in [5.74, 6) is 0.0746. The first-order valence-corrected chi connectivity index (χ1v) is 10.0. The molecule has 0 aromatic rings. The third-order valence-electron chi connectivity index (χ3n) is 3.71. The van der Waals surface area contributed by atoms with E-state index >= 15 is 0 Å². The molecule has 0 N–H and O–H groups in total. The Morgan fingerprint density at radius 3 is 1.55 bits per heavy atom. The monoisotopic (exact) mass is 298 g/mol. The number of carbonyl (C=O) groups excluding carboxylic acids is 2. The predicted molar refractivity (Wildman–Crippen MR) is 86.4 cm³/mol. The van der Waals surface area contributed by atoms with Gasteiger partial charge in [-0.25, -0.2) is 0 Å². The number of unbranched alkanes of at least 4 members (excludes halogenated alkanes) is 2. The van der Waals surface area contributed by atoms with E-state index in [0.29, 0.717) is 13.1 Å². The molecule has 0 saturated heterocycles. The molecule has 20 heavy (non-hydrogen) atoms. The van der Waals surface area contributed by atoms with Gasteiger partial charge in [0.1, 0.15) is 0 Å². The second-order valence-corrected chi connectivity index (χ2v) is 9.02. The molecule has 0 bridgehead atoms. The summed E-state index contributed by atoms with van der Waals surface area (Å²) in [6, 6.07) is 0. The van der Waals surface area contributed by atoms with Gasteiger partial charge in [0.15, 0.2) is 0 Å².